The Hall–Kier alpha value is -2.72. The van der Waals surface area contributed by atoms with Gasteiger partial charge in [0.05, 0.1) is 0 Å². The Morgan fingerprint density at radius 2 is 1.73 bits per heavy atom. The molecule has 4 nitrogen and oxygen atoms in total. The zero-order valence-electron chi connectivity index (χ0n) is 11.7. The van der Waals surface area contributed by atoms with E-state index in [1.54, 1.807) is 6.08 Å². The summed E-state index contributed by atoms with van der Waals surface area (Å²) in [6.07, 6.45) is 1.73. The monoisotopic (exact) mass is 308 g/mol. The average Bonchev–Trinajstić information content (AvgIpc) is 2.55. The number of halogens is 1. The van der Waals surface area contributed by atoms with Crippen LogP contribution in [-0.2, 0) is 0 Å². The van der Waals surface area contributed by atoms with Crippen molar-refractivity contribution in [3.63, 3.8) is 0 Å². The lowest BCUT2D eigenvalue weighted by molar-refractivity contribution is 0.997. The van der Waals surface area contributed by atoms with Crippen LogP contribution in [0, 0.1) is 0 Å². The van der Waals surface area contributed by atoms with Gasteiger partial charge < -0.3 is 5.73 Å². The number of nitrogens with zero attached hydrogens (tertiary/aromatic N) is 3. The summed E-state index contributed by atoms with van der Waals surface area (Å²) < 4.78 is 0. The maximum Gasteiger partial charge on any atom is 0.240 e. The van der Waals surface area contributed by atoms with E-state index in [0.717, 1.165) is 16.7 Å². The fourth-order valence-electron chi connectivity index (χ4n) is 2.20. The van der Waals surface area contributed by atoms with E-state index in [2.05, 4.69) is 21.8 Å². The topological polar surface area (TPSA) is 64.7 Å². The highest BCUT2D eigenvalue weighted by molar-refractivity contribution is 6.31. The standard InChI is InChI=1S/C17H13ClN4/c1-2-11-8-13(10-14(18)9-11)16-15(20-17(19)22-21-16)12-6-4-3-5-7-12/h2-10H,1H2,(H2,19,20,22). The summed E-state index contributed by atoms with van der Waals surface area (Å²) in [7, 11) is 0. The van der Waals surface area contributed by atoms with Gasteiger partial charge in [-0.05, 0) is 23.8 Å². The molecule has 2 aromatic carbocycles. The molecular formula is C17H13ClN4. The molecule has 2 N–H and O–H groups in total. The van der Waals surface area contributed by atoms with Crippen molar-refractivity contribution < 1.29 is 0 Å². The van der Waals surface area contributed by atoms with E-state index in [9.17, 15) is 0 Å². The number of benzene rings is 2. The Kier molecular flexibility index (Phi) is 3.85. The molecule has 0 aliphatic carbocycles. The van der Waals surface area contributed by atoms with Gasteiger partial charge in [-0.3, -0.25) is 0 Å². The molecule has 0 saturated carbocycles. The minimum atomic E-state index is 0.133. The first kappa shape index (κ1) is 14.2. The molecule has 0 amide bonds. The van der Waals surface area contributed by atoms with Gasteiger partial charge in [0.15, 0.2) is 0 Å². The van der Waals surface area contributed by atoms with Crippen LogP contribution in [0.25, 0.3) is 28.6 Å². The van der Waals surface area contributed by atoms with Crippen LogP contribution in [0.3, 0.4) is 0 Å². The van der Waals surface area contributed by atoms with Crippen LogP contribution in [0.5, 0.6) is 0 Å². The van der Waals surface area contributed by atoms with Crippen molar-refractivity contribution in [3.05, 3.63) is 65.7 Å². The highest BCUT2D eigenvalue weighted by Gasteiger charge is 2.13. The Morgan fingerprint density at radius 3 is 2.45 bits per heavy atom. The van der Waals surface area contributed by atoms with Crippen LogP contribution >= 0.6 is 11.6 Å². The van der Waals surface area contributed by atoms with E-state index in [-0.39, 0.29) is 5.95 Å². The van der Waals surface area contributed by atoms with Crippen molar-refractivity contribution in [1.82, 2.24) is 15.2 Å². The summed E-state index contributed by atoms with van der Waals surface area (Å²) in [5, 5.41) is 8.69. The first-order valence-electron chi connectivity index (χ1n) is 6.66. The van der Waals surface area contributed by atoms with Crippen LogP contribution in [0.1, 0.15) is 5.56 Å². The smallest absolute Gasteiger partial charge is 0.240 e. The fourth-order valence-corrected chi connectivity index (χ4v) is 2.44. The Labute approximate surface area is 133 Å². The summed E-state index contributed by atoms with van der Waals surface area (Å²) in [6.45, 7) is 3.77. The number of hydrogen-bond acceptors (Lipinski definition) is 4. The predicted molar refractivity (Wildman–Crippen MR) is 90.2 cm³/mol. The number of anilines is 1. The minimum absolute atomic E-state index is 0.133. The highest BCUT2D eigenvalue weighted by atomic mass is 35.5. The van der Waals surface area contributed by atoms with Gasteiger partial charge in [-0.1, -0.05) is 54.6 Å². The normalized spacial score (nSPS) is 10.4. The van der Waals surface area contributed by atoms with Gasteiger partial charge in [-0.25, -0.2) is 4.98 Å². The molecule has 0 atom stereocenters. The average molecular weight is 309 g/mol. The second-order valence-electron chi connectivity index (χ2n) is 4.71. The number of aromatic nitrogens is 3. The molecule has 0 aliphatic rings. The van der Waals surface area contributed by atoms with Crippen molar-refractivity contribution in [2.75, 3.05) is 5.73 Å². The van der Waals surface area contributed by atoms with Gasteiger partial charge in [0.1, 0.15) is 11.4 Å². The van der Waals surface area contributed by atoms with Crippen molar-refractivity contribution in [2.24, 2.45) is 0 Å². The Morgan fingerprint density at radius 1 is 0.955 bits per heavy atom. The summed E-state index contributed by atoms with van der Waals surface area (Å²) >= 11 is 6.17. The molecule has 0 spiro atoms. The molecule has 0 unspecified atom stereocenters. The third-order valence-electron chi connectivity index (χ3n) is 3.18. The summed E-state index contributed by atoms with van der Waals surface area (Å²) in [4.78, 5) is 4.34. The molecule has 1 aromatic heterocycles. The molecule has 0 radical (unpaired) electrons. The second kappa shape index (κ2) is 5.95. The number of hydrogen-bond donors (Lipinski definition) is 1. The van der Waals surface area contributed by atoms with E-state index >= 15 is 0 Å². The molecule has 3 rings (SSSR count). The predicted octanol–water partition coefficient (Wildman–Crippen LogP) is 4.08. The molecule has 0 fully saturated rings. The lowest BCUT2D eigenvalue weighted by Crippen LogP contribution is -2.02. The SMILES string of the molecule is C=Cc1cc(Cl)cc(-c2nnc(N)nc2-c2ccccc2)c1. The maximum atomic E-state index is 6.17. The van der Waals surface area contributed by atoms with Crippen molar-refractivity contribution >= 4 is 23.6 Å². The van der Waals surface area contributed by atoms with Crippen LogP contribution < -0.4 is 5.73 Å². The molecule has 108 valence electrons. The van der Waals surface area contributed by atoms with E-state index in [0.29, 0.717) is 16.4 Å². The summed E-state index contributed by atoms with van der Waals surface area (Å²) in [5.41, 5.74) is 9.64. The van der Waals surface area contributed by atoms with Gasteiger partial charge in [-0.2, -0.15) is 0 Å². The third kappa shape index (κ3) is 2.82. The van der Waals surface area contributed by atoms with E-state index in [1.807, 2.05) is 48.5 Å². The molecule has 0 aliphatic heterocycles. The third-order valence-corrected chi connectivity index (χ3v) is 3.40. The van der Waals surface area contributed by atoms with E-state index in [4.69, 9.17) is 17.3 Å². The van der Waals surface area contributed by atoms with Gasteiger partial charge >= 0.3 is 0 Å². The molecule has 0 bridgehead atoms. The molecule has 3 aromatic rings. The van der Waals surface area contributed by atoms with Gasteiger partial charge in [0.25, 0.3) is 0 Å². The highest BCUT2D eigenvalue weighted by Crippen LogP contribution is 2.31. The van der Waals surface area contributed by atoms with Crippen molar-refractivity contribution in [2.45, 2.75) is 0 Å². The fraction of sp³-hybridized carbons (Fsp3) is 0. The van der Waals surface area contributed by atoms with Crippen molar-refractivity contribution in [3.8, 4) is 22.5 Å². The first-order chi connectivity index (χ1) is 10.7. The molecular weight excluding hydrogens is 296 g/mol. The number of nitrogens with two attached hydrogens (primary N) is 1. The summed E-state index contributed by atoms with van der Waals surface area (Å²) in [6, 6.07) is 15.3. The zero-order valence-corrected chi connectivity index (χ0v) is 12.5. The number of rotatable bonds is 3. The Bertz CT molecular complexity index is 831. The summed E-state index contributed by atoms with van der Waals surface area (Å²) in [5.74, 6) is 0.133. The lowest BCUT2D eigenvalue weighted by atomic mass is 10.0. The van der Waals surface area contributed by atoms with Gasteiger partial charge in [-0.15, -0.1) is 10.2 Å². The van der Waals surface area contributed by atoms with E-state index in [1.165, 1.54) is 0 Å². The molecule has 1 heterocycles. The van der Waals surface area contributed by atoms with Crippen LogP contribution in [0.4, 0.5) is 5.95 Å². The lowest BCUT2D eigenvalue weighted by Gasteiger charge is -2.09. The Balaban J connectivity index is 2.24. The maximum absolute atomic E-state index is 6.17. The van der Waals surface area contributed by atoms with Crippen LogP contribution in [0.2, 0.25) is 5.02 Å². The molecule has 0 saturated heterocycles. The zero-order chi connectivity index (χ0) is 15.5. The first-order valence-corrected chi connectivity index (χ1v) is 7.04. The van der Waals surface area contributed by atoms with Gasteiger partial charge in [0, 0.05) is 16.1 Å². The van der Waals surface area contributed by atoms with Crippen LogP contribution in [-0.4, -0.2) is 15.2 Å². The van der Waals surface area contributed by atoms with Crippen LogP contribution in [0.15, 0.2) is 55.1 Å². The van der Waals surface area contributed by atoms with Gasteiger partial charge in [0.2, 0.25) is 5.95 Å². The number of nitrogen functional groups attached to an aromatic ring is 1. The van der Waals surface area contributed by atoms with E-state index < -0.39 is 0 Å². The van der Waals surface area contributed by atoms with Crippen molar-refractivity contribution in [1.29, 1.82) is 0 Å². The quantitative estimate of drug-likeness (QED) is 0.791. The molecule has 22 heavy (non-hydrogen) atoms. The largest absolute Gasteiger partial charge is 0.366 e. The minimum Gasteiger partial charge on any atom is -0.366 e. The second-order valence-corrected chi connectivity index (χ2v) is 5.15. The molecule has 5 heteroatoms.